The molecule has 0 saturated carbocycles. The van der Waals surface area contributed by atoms with E-state index in [1.54, 1.807) is 12.1 Å². The summed E-state index contributed by atoms with van der Waals surface area (Å²) in [6.45, 7) is 5.18. The number of anilines is 1. The maximum absolute atomic E-state index is 11.8. The molecule has 122 valence electrons. The fraction of sp³-hybridized carbons (Fsp3) is 0.643. The van der Waals surface area contributed by atoms with E-state index in [1.165, 1.54) is 0 Å². The van der Waals surface area contributed by atoms with Crippen LogP contribution in [0.4, 0.5) is 5.82 Å². The molecule has 0 aromatic carbocycles. The minimum Gasteiger partial charge on any atom is -0.351 e. The molecule has 1 fully saturated rings. The molecule has 8 heteroatoms. The highest BCUT2D eigenvalue weighted by atomic mass is 32.2. The molecule has 1 aromatic rings. The van der Waals surface area contributed by atoms with Crippen molar-refractivity contribution >= 4 is 21.6 Å². The smallest absolute Gasteiger partial charge is 0.271 e. The summed E-state index contributed by atoms with van der Waals surface area (Å²) in [5.41, 5.74) is 0.271. The van der Waals surface area contributed by atoms with Crippen molar-refractivity contribution in [2.24, 2.45) is 0 Å². The average Bonchev–Trinajstić information content (AvgIpc) is 2.86. The van der Waals surface area contributed by atoms with Crippen molar-refractivity contribution in [1.29, 1.82) is 0 Å². The number of carbonyl (C=O) groups excluding carboxylic acids is 1. The van der Waals surface area contributed by atoms with E-state index in [9.17, 15) is 13.2 Å². The van der Waals surface area contributed by atoms with Gasteiger partial charge in [-0.15, -0.1) is 10.2 Å². The van der Waals surface area contributed by atoms with Gasteiger partial charge in [0.25, 0.3) is 5.91 Å². The van der Waals surface area contributed by atoms with Gasteiger partial charge in [0.15, 0.2) is 21.3 Å². The zero-order valence-electron chi connectivity index (χ0n) is 12.9. The van der Waals surface area contributed by atoms with Crippen LogP contribution in [0.15, 0.2) is 12.1 Å². The van der Waals surface area contributed by atoms with Crippen molar-refractivity contribution in [3.05, 3.63) is 17.8 Å². The van der Waals surface area contributed by atoms with Crippen LogP contribution in [0.5, 0.6) is 0 Å². The zero-order chi connectivity index (χ0) is 16.2. The zero-order valence-corrected chi connectivity index (χ0v) is 13.8. The summed E-state index contributed by atoms with van der Waals surface area (Å²) in [5, 5.41) is 10.8. The highest BCUT2D eigenvalue weighted by Gasteiger charge is 2.32. The fourth-order valence-corrected chi connectivity index (χ4v) is 4.29. The van der Waals surface area contributed by atoms with Gasteiger partial charge in [-0.2, -0.15) is 0 Å². The number of sulfone groups is 1. The summed E-state index contributed by atoms with van der Waals surface area (Å²) >= 11 is 0. The van der Waals surface area contributed by atoms with Crippen LogP contribution in [-0.2, 0) is 9.84 Å². The predicted molar refractivity (Wildman–Crippen MR) is 84.7 cm³/mol. The Kier molecular flexibility index (Phi) is 5.33. The van der Waals surface area contributed by atoms with Gasteiger partial charge in [0, 0.05) is 19.1 Å². The first-order chi connectivity index (χ1) is 10.5. The molecule has 0 bridgehead atoms. The molecule has 0 radical (unpaired) electrons. The van der Waals surface area contributed by atoms with Crippen molar-refractivity contribution in [3.63, 3.8) is 0 Å². The van der Waals surface area contributed by atoms with Crippen LogP contribution >= 0.6 is 0 Å². The lowest BCUT2D eigenvalue weighted by Crippen LogP contribution is -2.37. The molecule has 1 unspecified atom stereocenters. The second-order valence-electron chi connectivity index (χ2n) is 5.38. The van der Waals surface area contributed by atoms with Gasteiger partial charge >= 0.3 is 0 Å². The third-order valence-corrected chi connectivity index (χ3v) is 5.45. The summed E-state index contributed by atoms with van der Waals surface area (Å²) in [6, 6.07) is 3.28. The molecule has 2 rings (SSSR count). The molecule has 1 N–H and O–H groups in total. The van der Waals surface area contributed by atoms with E-state index >= 15 is 0 Å². The molecule has 1 atom stereocenters. The molecule has 7 nitrogen and oxygen atoms in total. The molecular formula is C14H22N4O3S. The second-order valence-corrected chi connectivity index (χ2v) is 7.60. The van der Waals surface area contributed by atoms with E-state index in [4.69, 9.17) is 0 Å². The lowest BCUT2D eigenvalue weighted by atomic mass is 10.2. The molecule has 1 saturated heterocycles. The van der Waals surface area contributed by atoms with Crippen molar-refractivity contribution in [2.75, 3.05) is 29.5 Å². The SMILES string of the molecule is CCCNC(=O)c1ccc(N(CC)C2CCS(=O)(=O)C2)nn1. The number of hydrogen-bond acceptors (Lipinski definition) is 6. The highest BCUT2D eigenvalue weighted by Crippen LogP contribution is 2.22. The second kappa shape index (κ2) is 7.04. The number of amides is 1. The van der Waals surface area contributed by atoms with Crippen molar-refractivity contribution in [2.45, 2.75) is 32.7 Å². The van der Waals surface area contributed by atoms with Gasteiger partial charge in [-0.1, -0.05) is 6.92 Å². The number of carbonyl (C=O) groups is 1. The summed E-state index contributed by atoms with van der Waals surface area (Å²) < 4.78 is 23.2. The average molecular weight is 326 g/mol. The summed E-state index contributed by atoms with van der Waals surface area (Å²) in [5.74, 6) is 0.740. The fourth-order valence-electron chi connectivity index (χ4n) is 2.56. The van der Waals surface area contributed by atoms with E-state index < -0.39 is 9.84 Å². The molecule has 2 heterocycles. The Morgan fingerprint density at radius 3 is 2.64 bits per heavy atom. The first kappa shape index (κ1) is 16.7. The number of rotatable bonds is 6. The Bertz CT molecular complexity index is 615. The molecule has 1 aliphatic rings. The van der Waals surface area contributed by atoms with E-state index in [0.717, 1.165) is 6.42 Å². The van der Waals surface area contributed by atoms with Gasteiger partial charge in [-0.25, -0.2) is 8.42 Å². The monoisotopic (exact) mass is 326 g/mol. The van der Waals surface area contributed by atoms with Crippen molar-refractivity contribution in [1.82, 2.24) is 15.5 Å². The molecule has 0 aliphatic carbocycles. The van der Waals surface area contributed by atoms with E-state index in [0.29, 0.717) is 25.3 Å². The van der Waals surface area contributed by atoms with Crippen LogP contribution < -0.4 is 10.2 Å². The van der Waals surface area contributed by atoms with Crippen LogP contribution in [-0.4, -0.2) is 55.2 Å². The maximum Gasteiger partial charge on any atom is 0.271 e. The van der Waals surface area contributed by atoms with Crippen molar-refractivity contribution in [3.8, 4) is 0 Å². The van der Waals surface area contributed by atoms with Gasteiger partial charge < -0.3 is 10.2 Å². The summed E-state index contributed by atoms with van der Waals surface area (Å²) in [7, 11) is -2.94. The number of aromatic nitrogens is 2. The molecule has 1 aromatic heterocycles. The highest BCUT2D eigenvalue weighted by molar-refractivity contribution is 7.91. The third kappa shape index (κ3) is 3.94. The van der Waals surface area contributed by atoms with Gasteiger partial charge in [0.05, 0.1) is 11.5 Å². The Hall–Kier alpha value is -1.70. The quantitative estimate of drug-likeness (QED) is 0.824. The lowest BCUT2D eigenvalue weighted by molar-refractivity contribution is 0.0947. The van der Waals surface area contributed by atoms with Gasteiger partial charge in [-0.05, 0) is 31.9 Å². The van der Waals surface area contributed by atoms with Gasteiger partial charge in [0.1, 0.15) is 0 Å². The van der Waals surface area contributed by atoms with Crippen molar-refractivity contribution < 1.29 is 13.2 Å². The molecule has 1 aliphatic heterocycles. The summed E-state index contributed by atoms with van der Waals surface area (Å²) in [6.07, 6.45) is 1.47. The van der Waals surface area contributed by atoms with E-state index in [-0.39, 0.29) is 29.1 Å². The third-order valence-electron chi connectivity index (χ3n) is 3.70. The Labute approximate surface area is 131 Å². The van der Waals surface area contributed by atoms with Crippen LogP contribution in [0.2, 0.25) is 0 Å². The van der Waals surface area contributed by atoms with Crippen LogP contribution in [0.25, 0.3) is 0 Å². The topological polar surface area (TPSA) is 92.3 Å². The molecule has 0 spiro atoms. The summed E-state index contributed by atoms with van der Waals surface area (Å²) in [4.78, 5) is 13.7. The number of nitrogens with zero attached hydrogens (tertiary/aromatic N) is 3. The maximum atomic E-state index is 11.8. The van der Waals surface area contributed by atoms with Gasteiger partial charge in [0.2, 0.25) is 0 Å². The lowest BCUT2D eigenvalue weighted by Gasteiger charge is -2.27. The van der Waals surface area contributed by atoms with Crippen LogP contribution in [0, 0.1) is 0 Å². The Morgan fingerprint density at radius 1 is 1.36 bits per heavy atom. The van der Waals surface area contributed by atoms with E-state index in [2.05, 4.69) is 15.5 Å². The number of hydrogen-bond donors (Lipinski definition) is 1. The van der Waals surface area contributed by atoms with Gasteiger partial charge in [-0.3, -0.25) is 4.79 Å². The number of nitrogens with one attached hydrogen (secondary N) is 1. The Balaban J connectivity index is 2.09. The minimum absolute atomic E-state index is 0.0657. The minimum atomic E-state index is -2.94. The molecule has 22 heavy (non-hydrogen) atoms. The van der Waals surface area contributed by atoms with Crippen LogP contribution in [0.1, 0.15) is 37.2 Å². The molecular weight excluding hydrogens is 304 g/mol. The van der Waals surface area contributed by atoms with E-state index in [1.807, 2.05) is 18.7 Å². The van der Waals surface area contributed by atoms with Crippen LogP contribution in [0.3, 0.4) is 0 Å². The Morgan fingerprint density at radius 2 is 2.14 bits per heavy atom. The predicted octanol–water partition coefficient (Wildman–Crippen LogP) is 0.630. The first-order valence-electron chi connectivity index (χ1n) is 7.56. The standard InChI is InChI=1S/C14H22N4O3S/c1-3-8-15-14(19)12-5-6-13(17-16-12)18(4-2)11-7-9-22(20,21)10-11/h5-6,11H,3-4,7-10H2,1-2H3,(H,15,19). The molecule has 1 amide bonds. The first-order valence-corrected chi connectivity index (χ1v) is 9.38. The normalized spacial score (nSPS) is 19.8. The largest absolute Gasteiger partial charge is 0.351 e.